The van der Waals surface area contributed by atoms with Crippen molar-refractivity contribution in [1.82, 2.24) is 5.32 Å². The molecule has 1 rings (SSSR count). The van der Waals surface area contributed by atoms with Crippen molar-refractivity contribution in [3.05, 3.63) is 34.3 Å². The van der Waals surface area contributed by atoms with E-state index < -0.39 is 0 Å². The Kier molecular flexibility index (Phi) is 5.12. The lowest BCUT2D eigenvalue weighted by Gasteiger charge is -2.14. The second kappa shape index (κ2) is 6.13. The van der Waals surface area contributed by atoms with Gasteiger partial charge in [-0.05, 0) is 24.6 Å². The van der Waals surface area contributed by atoms with E-state index in [1.54, 1.807) is 0 Å². The van der Waals surface area contributed by atoms with Crippen LogP contribution in [0.25, 0.3) is 0 Å². The molecular weight excluding hydrogens is 277 g/mol. The van der Waals surface area contributed by atoms with E-state index in [1.165, 1.54) is 0 Å². The molecule has 0 aromatic heterocycles. The van der Waals surface area contributed by atoms with Gasteiger partial charge in [-0.15, -0.1) is 11.6 Å². The highest BCUT2D eigenvalue weighted by atomic mass is 79.9. The van der Waals surface area contributed by atoms with Crippen LogP contribution in [0.2, 0.25) is 0 Å². The normalized spacial score (nSPS) is 12.2. The first-order valence-electron chi connectivity index (χ1n) is 4.74. The fourth-order valence-corrected chi connectivity index (χ4v) is 1.85. The van der Waals surface area contributed by atoms with Crippen molar-refractivity contribution in [3.8, 4) is 0 Å². The fourth-order valence-electron chi connectivity index (χ4n) is 1.26. The van der Waals surface area contributed by atoms with Gasteiger partial charge in [-0.1, -0.05) is 28.1 Å². The molecule has 0 bridgehead atoms. The maximum absolute atomic E-state index is 11.3. The Morgan fingerprint density at radius 3 is 2.93 bits per heavy atom. The summed E-state index contributed by atoms with van der Waals surface area (Å²) >= 11 is 8.88. The molecule has 0 saturated carbocycles. The number of rotatable bonds is 4. The summed E-state index contributed by atoms with van der Waals surface area (Å²) in [4.78, 5) is 11.3. The van der Waals surface area contributed by atoms with E-state index >= 15 is 0 Å². The minimum absolute atomic E-state index is 0.0122. The van der Waals surface area contributed by atoms with Crippen molar-refractivity contribution < 1.29 is 4.79 Å². The van der Waals surface area contributed by atoms with Crippen LogP contribution in [0.5, 0.6) is 0 Å². The summed E-state index contributed by atoms with van der Waals surface area (Å²) in [7, 11) is 0. The van der Waals surface area contributed by atoms with Gasteiger partial charge >= 0.3 is 0 Å². The zero-order valence-electron chi connectivity index (χ0n) is 8.47. The van der Waals surface area contributed by atoms with E-state index in [2.05, 4.69) is 21.2 Å². The highest BCUT2D eigenvalue weighted by Gasteiger charge is 2.08. The number of carbonyl (C=O) groups excluding carboxylic acids is 1. The number of nitrogens with one attached hydrogen (secondary N) is 1. The number of alkyl halides is 1. The number of hydrogen-bond donors (Lipinski definition) is 1. The van der Waals surface area contributed by atoms with Crippen molar-refractivity contribution in [3.63, 3.8) is 0 Å². The second-order valence-electron chi connectivity index (χ2n) is 3.28. The molecule has 1 atom stereocenters. The highest BCUT2D eigenvalue weighted by molar-refractivity contribution is 9.10. The Balaban J connectivity index is 2.60. The lowest BCUT2D eigenvalue weighted by molar-refractivity contribution is -0.121. The van der Waals surface area contributed by atoms with E-state index in [1.807, 2.05) is 31.2 Å². The molecule has 1 unspecified atom stereocenters. The predicted molar refractivity (Wildman–Crippen MR) is 66.0 cm³/mol. The van der Waals surface area contributed by atoms with Crippen molar-refractivity contribution in [2.45, 2.75) is 19.4 Å². The molecule has 1 amide bonds. The van der Waals surface area contributed by atoms with E-state index in [-0.39, 0.29) is 11.9 Å². The third kappa shape index (κ3) is 4.22. The minimum atomic E-state index is -0.0162. The second-order valence-corrected chi connectivity index (χ2v) is 4.58. The third-order valence-electron chi connectivity index (χ3n) is 2.05. The first kappa shape index (κ1) is 12.5. The molecule has 0 aliphatic rings. The number of carbonyl (C=O) groups is 1. The molecule has 15 heavy (non-hydrogen) atoms. The summed E-state index contributed by atoms with van der Waals surface area (Å²) in [5.74, 6) is 0.342. The maximum Gasteiger partial charge on any atom is 0.221 e. The number of amides is 1. The lowest BCUT2D eigenvalue weighted by Crippen LogP contribution is -2.26. The average molecular weight is 291 g/mol. The number of halogens is 2. The third-order valence-corrected chi connectivity index (χ3v) is 2.73. The molecule has 0 fully saturated rings. The van der Waals surface area contributed by atoms with Crippen LogP contribution in [0.15, 0.2) is 28.7 Å². The van der Waals surface area contributed by atoms with Gasteiger partial charge in [-0.2, -0.15) is 0 Å². The van der Waals surface area contributed by atoms with E-state index in [9.17, 15) is 4.79 Å². The first-order valence-corrected chi connectivity index (χ1v) is 6.07. The summed E-state index contributed by atoms with van der Waals surface area (Å²) in [5, 5.41) is 2.88. The van der Waals surface area contributed by atoms with Gasteiger partial charge in [-0.25, -0.2) is 0 Å². The van der Waals surface area contributed by atoms with Gasteiger partial charge in [0.05, 0.1) is 6.04 Å². The molecule has 0 aliphatic carbocycles. The number of benzene rings is 1. The standard InChI is InChI=1S/C11H13BrClNO/c1-8(14-11(15)5-6-13)9-3-2-4-10(12)7-9/h2-4,7-8H,5-6H2,1H3,(H,14,15). The smallest absolute Gasteiger partial charge is 0.221 e. The average Bonchev–Trinajstić information content (AvgIpc) is 2.18. The molecule has 82 valence electrons. The Labute approximate surface area is 103 Å². The zero-order valence-corrected chi connectivity index (χ0v) is 10.8. The quantitative estimate of drug-likeness (QED) is 0.847. The van der Waals surface area contributed by atoms with Crippen LogP contribution in [0, 0.1) is 0 Å². The summed E-state index contributed by atoms with van der Waals surface area (Å²) in [6, 6.07) is 7.89. The Morgan fingerprint density at radius 1 is 1.60 bits per heavy atom. The molecule has 0 radical (unpaired) electrons. The number of hydrogen-bond acceptors (Lipinski definition) is 1. The summed E-state index contributed by atoms with van der Waals surface area (Å²) in [5.41, 5.74) is 1.08. The van der Waals surface area contributed by atoms with E-state index in [0.717, 1.165) is 10.0 Å². The van der Waals surface area contributed by atoms with Crippen LogP contribution in [0.3, 0.4) is 0 Å². The lowest BCUT2D eigenvalue weighted by atomic mass is 10.1. The van der Waals surface area contributed by atoms with Gasteiger partial charge in [0.1, 0.15) is 0 Å². The SMILES string of the molecule is CC(NC(=O)CCCl)c1cccc(Br)c1. The zero-order chi connectivity index (χ0) is 11.3. The van der Waals surface area contributed by atoms with Crippen LogP contribution in [-0.2, 0) is 4.79 Å². The Morgan fingerprint density at radius 2 is 2.33 bits per heavy atom. The Hall–Kier alpha value is -0.540. The van der Waals surface area contributed by atoms with Crippen LogP contribution in [0.1, 0.15) is 24.9 Å². The van der Waals surface area contributed by atoms with Gasteiger partial charge in [0, 0.05) is 16.8 Å². The highest BCUT2D eigenvalue weighted by Crippen LogP contribution is 2.17. The van der Waals surface area contributed by atoms with Crippen molar-refractivity contribution in [2.75, 3.05) is 5.88 Å². The molecule has 0 saturated heterocycles. The van der Waals surface area contributed by atoms with Gasteiger partial charge in [-0.3, -0.25) is 4.79 Å². The monoisotopic (exact) mass is 289 g/mol. The molecule has 0 aliphatic heterocycles. The molecule has 1 aromatic carbocycles. The predicted octanol–water partition coefficient (Wildman–Crippen LogP) is 3.26. The molecule has 1 aromatic rings. The van der Waals surface area contributed by atoms with E-state index in [0.29, 0.717) is 12.3 Å². The van der Waals surface area contributed by atoms with Crippen molar-refractivity contribution >= 4 is 33.4 Å². The molecule has 0 heterocycles. The minimum Gasteiger partial charge on any atom is -0.350 e. The summed E-state index contributed by atoms with van der Waals surface area (Å²) in [6.07, 6.45) is 0.361. The molecule has 4 heteroatoms. The van der Waals surface area contributed by atoms with Gasteiger partial charge in [0.2, 0.25) is 5.91 Å². The molecular formula is C11H13BrClNO. The van der Waals surface area contributed by atoms with Crippen molar-refractivity contribution in [1.29, 1.82) is 0 Å². The van der Waals surface area contributed by atoms with Crippen LogP contribution in [0.4, 0.5) is 0 Å². The maximum atomic E-state index is 11.3. The summed E-state index contributed by atoms with van der Waals surface area (Å²) < 4.78 is 1.01. The molecule has 2 nitrogen and oxygen atoms in total. The van der Waals surface area contributed by atoms with Gasteiger partial charge in [0.15, 0.2) is 0 Å². The first-order chi connectivity index (χ1) is 7.13. The van der Waals surface area contributed by atoms with Crippen LogP contribution in [-0.4, -0.2) is 11.8 Å². The van der Waals surface area contributed by atoms with Crippen LogP contribution >= 0.6 is 27.5 Å². The van der Waals surface area contributed by atoms with Gasteiger partial charge in [0.25, 0.3) is 0 Å². The molecule has 0 spiro atoms. The fraction of sp³-hybridized carbons (Fsp3) is 0.364. The largest absolute Gasteiger partial charge is 0.350 e. The van der Waals surface area contributed by atoms with Crippen LogP contribution < -0.4 is 5.32 Å². The topological polar surface area (TPSA) is 29.1 Å². The van der Waals surface area contributed by atoms with Crippen molar-refractivity contribution in [2.24, 2.45) is 0 Å². The van der Waals surface area contributed by atoms with Gasteiger partial charge < -0.3 is 5.32 Å². The Bertz CT molecular complexity index is 343. The molecule has 1 N–H and O–H groups in total. The summed E-state index contributed by atoms with van der Waals surface area (Å²) in [6.45, 7) is 1.95. The van der Waals surface area contributed by atoms with E-state index in [4.69, 9.17) is 11.6 Å².